The molecule has 3 saturated heterocycles. The molecule has 3 heterocycles. The monoisotopic (exact) mass is 1090 g/mol. The van der Waals surface area contributed by atoms with E-state index in [0.29, 0.717) is 50.3 Å². The van der Waals surface area contributed by atoms with E-state index in [4.69, 9.17) is 11.5 Å². The van der Waals surface area contributed by atoms with Crippen LogP contribution in [0.25, 0.3) is 0 Å². The van der Waals surface area contributed by atoms with Gasteiger partial charge in [0.05, 0.1) is 24.5 Å². The number of carboxylic acids is 1. The molecule has 3 rings (SSSR count). The lowest BCUT2D eigenvalue weighted by molar-refractivity contribution is -0.146. The number of nitrogens with zero attached hydrogens (tertiary/aromatic N) is 1. The van der Waals surface area contributed by atoms with Gasteiger partial charge in [0, 0.05) is 30.5 Å². The lowest BCUT2D eigenvalue weighted by Gasteiger charge is -2.31. The summed E-state index contributed by atoms with van der Waals surface area (Å²) in [6.07, 6.45) is 4.32. The number of aliphatic carboxylic acids is 1. The Morgan fingerprint density at radius 2 is 1.30 bits per heavy atom. The first kappa shape index (κ1) is 64.6. The van der Waals surface area contributed by atoms with Gasteiger partial charge in [-0.25, -0.2) is 4.79 Å². The van der Waals surface area contributed by atoms with Gasteiger partial charge >= 0.3 is 12.0 Å². The third-order valence-electron chi connectivity index (χ3n) is 13.6. The summed E-state index contributed by atoms with van der Waals surface area (Å²) in [5.74, 6) is -7.04. The Balaban J connectivity index is 1.56. The lowest BCUT2D eigenvalue weighted by atomic mass is 10.00. The predicted molar refractivity (Wildman–Crippen MR) is 285 cm³/mol. The number of nitrogens with two attached hydrogens (primary N) is 2. The van der Waals surface area contributed by atoms with Crippen molar-refractivity contribution in [3.8, 4) is 0 Å². The molecule has 3 aliphatic rings. The number of nitrogens with one attached hydrogen (secondary N) is 9. The number of carboxylic acid groups (broad SMARTS) is 1. The highest BCUT2D eigenvalue weighted by molar-refractivity contribution is 8.00. The van der Waals surface area contributed by atoms with Crippen LogP contribution in [-0.4, -0.2) is 160 Å². The van der Waals surface area contributed by atoms with Crippen molar-refractivity contribution in [3.05, 3.63) is 0 Å². The Labute approximate surface area is 451 Å². The number of unbranched alkanes of at least 4 members (excludes halogenated alkanes) is 2. The number of carbonyl (C=O) groups excluding carboxylic acids is 10. The first-order chi connectivity index (χ1) is 35.7. The van der Waals surface area contributed by atoms with E-state index in [2.05, 4.69) is 47.9 Å². The molecule has 0 aromatic carbocycles. The molecule has 430 valence electrons. The van der Waals surface area contributed by atoms with E-state index in [0.717, 1.165) is 18.6 Å². The Kier molecular flexibility index (Phi) is 26.8. The number of likely N-dealkylation sites (tertiary alicyclic amines) is 1. The molecule has 3 fully saturated rings. The van der Waals surface area contributed by atoms with Crippen molar-refractivity contribution in [1.82, 2.24) is 52.8 Å². The maximum Gasteiger partial charge on any atom is 0.315 e. The van der Waals surface area contributed by atoms with Gasteiger partial charge in [-0.3, -0.25) is 47.9 Å². The molecule has 0 spiro atoms. The Morgan fingerprint density at radius 1 is 0.697 bits per heavy atom. The molecule has 0 aliphatic carbocycles. The van der Waals surface area contributed by atoms with Crippen molar-refractivity contribution in [3.63, 3.8) is 0 Å². The van der Waals surface area contributed by atoms with Gasteiger partial charge in [0.15, 0.2) is 0 Å². The van der Waals surface area contributed by atoms with E-state index in [1.165, 1.54) is 11.8 Å². The molecule has 0 radical (unpaired) electrons. The topological polar surface area (TPSA) is 372 Å². The number of carbonyl (C=O) groups is 11. The molecular weight excluding hydrogens is 1000 g/mol. The minimum Gasteiger partial charge on any atom is -0.481 e. The largest absolute Gasteiger partial charge is 0.481 e. The zero-order chi connectivity index (χ0) is 57.0. The summed E-state index contributed by atoms with van der Waals surface area (Å²) in [6, 6.07) is -9.25. The van der Waals surface area contributed by atoms with E-state index >= 15 is 0 Å². The molecule has 0 bridgehead atoms. The third-order valence-corrected chi connectivity index (χ3v) is 15.1. The van der Waals surface area contributed by atoms with Crippen LogP contribution in [0.3, 0.4) is 0 Å². The molecule has 0 aromatic rings. The van der Waals surface area contributed by atoms with Crippen LogP contribution in [0.15, 0.2) is 0 Å². The van der Waals surface area contributed by atoms with Crippen LogP contribution in [-0.2, 0) is 47.9 Å². The predicted octanol–water partition coefficient (Wildman–Crippen LogP) is -0.00000000000000921. The van der Waals surface area contributed by atoms with E-state index in [1.807, 2.05) is 53.3 Å². The van der Waals surface area contributed by atoms with Crippen molar-refractivity contribution in [1.29, 1.82) is 0 Å². The number of urea groups is 1. The van der Waals surface area contributed by atoms with E-state index in [1.54, 1.807) is 13.8 Å². The van der Waals surface area contributed by atoms with Gasteiger partial charge in [0.25, 0.3) is 0 Å². The molecule has 14 N–H and O–H groups in total. The summed E-state index contributed by atoms with van der Waals surface area (Å²) in [5.41, 5.74) is 11.7. The summed E-state index contributed by atoms with van der Waals surface area (Å²) in [7, 11) is 0. The fourth-order valence-electron chi connectivity index (χ4n) is 9.52. The van der Waals surface area contributed by atoms with Gasteiger partial charge in [-0.1, -0.05) is 61.8 Å². The minimum atomic E-state index is -1.61. The normalized spacial score (nSPS) is 20.8. The van der Waals surface area contributed by atoms with Crippen molar-refractivity contribution in [2.75, 3.05) is 18.8 Å². The Bertz CT molecular complexity index is 2040. The molecule has 24 nitrogen and oxygen atoms in total. The van der Waals surface area contributed by atoms with Crippen LogP contribution < -0.4 is 59.3 Å². The maximum absolute atomic E-state index is 14.0. The van der Waals surface area contributed by atoms with Crippen LogP contribution in [0.5, 0.6) is 0 Å². The highest BCUT2D eigenvalue weighted by atomic mass is 32.2. The summed E-state index contributed by atoms with van der Waals surface area (Å²) in [6.45, 7) is 16.2. The maximum atomic E-state index is 14.0. The molecule has 3 aliphatic heterocycles. The SMILES string of the molecule is CC(C)C[C@H](NC(=O)[C@H](C)NC(=O)[C@H](CC(C)C)NC(=O)[C@@H]1CCCN1C(=O)[C@H](CC(=O)O)NC(=O)[C@@H](NC(=O)[C@@H](N)CC(C)C)C(C)C)C(=O)N[C@@H](CCCCNC(=O)CCCC[C@@H]1SC[C@H]2NC(=O)N[C@@H]12)C(N)=O. The van der Waals surface area contributed by atoms with Crippen LogP contribution in [0.4, 0.5) is 4.79 Å². The number of hydrogen-bond donors (Lipinski definition) is 12. The molecule has 76 heavy (non-hydrogen) atoms. The van der Waals surface area contributed by atoms with Crippen molar-refractivity contribution < 1.29 is 57.8 Å². The van der Waals surface area contributed by atoms with Gasteiger partial charge < -0.3 is 69.3 Å². The number of hydrogen-bond acceptors (Lipinski definition) is 13. The lowest BCUT2D eigenvalue weighted by Crippen LogP contribution is -2.60. The number of primary amides is 1. The second kappa shape index (κ2) is 31.5. The smallest absolute Gasteiger partial charge is 0.315 e. The molecule has 11 amide bonds. The summed E-state index contributed by atoms with van der Waals surface area (Å²) >= 11 is 1.83. The molecular formula is C51H88N12O12S. The van der Waals surface area contributed by atoms with Crippen LogP contribution in [0.2, 0.25) is 0 Å². The molecule has 0 aromatic heterocycles. The fraction of sp³-hybridized carbons (Fsp3) is 0.784. The average molecular weight is 1090 g/mol. The second-order valence-electron chi connectivity index (χ2n) is 22.1. The first-order valence-corrected chi connectivity index (χ1v) is 28.1. The Morgan fingerprint density at radius 3 is 1.91 bits per heavy atom. The van der Waals surface area contributed by atoms with Gasteiger partial charge in [-0.05, 0) is 94.8 Å². The van der Waals surface area contributed by atoms with Crippen LogP contribution >= 0.6 is 11.8 Å². The van der Waals surface area contributed by atoms with Gasteiger partial charge in [-0.15, -0.1) is 0 Å². The second-order valence-corrected chi connectivity index (χ2v) is 23.4. The highest BCUT2D eigenvalue weighted by Crippen LogP contribution is 2.33. The zero-order valence-corrected chi connectivity index (χ0v) is 46.7. The van der Waals surface area contributed by atoms with E-state index < -0.39 is 114 Å². The number of rotatable bonds is 33. The van der Waals surface area contributed by atoms with Gasteiger partial charge in [0.1, 0.15) is 42.3 Å². The van der Waals surface area contributed by atoms with Crippen molar-refractivity contribution in [2.24, 2.45) is 35.1 Å². The van der Waals surface area contributed by atoms with Crippen LogP contribution in [0.1, 0.15) is 146 Å². The number of fused-ring (bicyclic) bond motifs is 1. The third kappa shape index (κ3) is 21.4. The minimum absolute atomic E-state index is 0.0475. The molecule has 25 heteroatoms. The zero-order valence-electron chi connectivity index (χ0n) is 45.9. The molecule has 11 atom stereocenters. The van der Waals surface area contributed by atoms with E-state index in [9.17, 15) is 57.8 Å². The first-order valence-electron chi connectivity index (χ1n) is 27.0. The van der Waals surface area contributed by atoms with Crippen molar-refractivity contribution in [2.45, 2.75) is 211 Å². The summed E-state index contributed by atoms with van der Waals surface area (Å²) < 4.78 is 0. The quantitative estimate of drug-likeness (QED) is 0.0304. The molecule has 0 saturated carbocycles. The van der Waals surface area contributed by atoms with Gasteiger partial charge in [0.2, 0.25) is 53.2 Å². The van der Waals surface area contributed by atoms with E-state index in [-0.39, 0.29) is 74.0 Å². The standard InChI is InChI=1S/C51H88N12O12S/c1-26(2)21-31(52)45(69)61-41(29(7)8)49(73)59-35(24-40(65)66)50(74)63-20-14-16-37(63)48(72)58-33(22-27(3)4)46(70)55-30(9)44(68)57-34(23-28(5)6)47(71)56-32(43(53)67)15-12-13-19-54-39(64)18-11-10-17-38-42-36(25-76-38)60-51(75)62-42/h26-38,41-42H,10-25,52H2,1-9H3,(H2,53,67)(H,54,64)(H,55,70)(H,56,71)(H,57,68)(H,58,72)(H,59,73)(H,61,69)(H,65,66)(H2,60,62,75)/t30-,31-,32-,33-,34-,35-,36+,37-,38-,41-,42+/m0/s1. The van der Waals surface area contributed by atoms with Crippen molar-refractivity contribution >= 4 is 76.9 Å². The summed E-state index contributed by atoms with van der Waals surface area (Å²) in [5, 5.41) is 34.6. The summed E-state index contributed by atoms with van der Waals surface area (Å²) in [4.78, 5) is 145. The number of amides is 11. The number of thioether (sulfide) groups is 1. The highest BCUT2D eigenvalue weighted by Gasteiger charge is 2.43. The van der Waals surface area contributed by atoms with Crippen LogP contribution in [0, 0.1) is 23.7 Å². The Hall–Kier alpha value is -5.72. The average Bonchev–Trinajstić information content (AvgIpc) is 4.06. The fourth-order valence-corrected chi connectivity index (χ4v) is 11.1. The van der Waals surface area contributed by atoms with Gasteiger partial charge in [-0.2, -0.15) is 11.8 Å². The molecule has 0 unspecified atom stereocenters.